The number of benzene rings is 1. The Bertz CT molecular complexity index is 985. The van der Waals surface area contributed by atoms with Crippen molar-refractivity contribution in [2.24, 2.45) is 0 Å². The minimum atomic E-state index is -3.77. The molecule has 1 aliphatic rings. The molecule has 0 radical (unpaired) electrons. The Balaban J connectivity index is 1.90. The summed E-state index contributed by atoms with van der Waals surface area (Å²) >= 11 is 1.35. The second-order valence-corrected chi connectivity index (χ2v) is 10.2. The van der Waals surface area contributed by atoms with Gasteiger partial charge in [-0.2, -0.15) is 4.31 Å². The van der Waals surface area contributed by atoms with Crippen LogP contribution in [-0.2, 0) is 10.0 Å². The Kier molecular flexibility index (Phi) is 6.60. The summed E-state index contributed by atoms with van der Waals surface area (Å²) in [5.41, 5.74) is 1.15. The Labute approximate surface area is 176 Å². The lowest BCUT2D eigenvalue weighted by atomic mass is 10.1. The highest BCUT2D eigenvalue weighted by atomic mass is 32.2. The third-order valence-electron chi connectivity index (χ3n) is 5.09. The number of nitrogens with one attached hydrogen (secondary N) is 1. The zero-order chi connectivity index (χ0) is 21.2. The Morgan fingerprint density at radius 1 is 1.34 bits per heavy atom. The maximum Gasteiger partial charge on any atom is 0.257 e. The van der Waals surface area contributed by atoms with Crippen LogP contribution in [-0.4, -0.2) is 43.3 Å². The lowest BCUT2D eigenvalue weighted by Gasteiger charge is -2.32. The van der Waals surface area contributed by atoms with E-state index in [4.69, 9.17) is 4.74 Å². The van der Waals surface area contributed by atoms with E-state index in [-0.39, 0.29) is 28.2 Å². The molecule has 1 unspecified atom stereocenters. The molecule has 1 saturated heterocycles. The average Bonchev–Trinajstić information content (AvgIpc) is 3.16. The van der Waals surface area contributed by atoms with Crippen LogP contribution in [0.15, 0.2) is 28.5 Å². The molecule has 158 valence electrons. The summed E-state index contributed by atoms with van der Waals surface area (Å²) < 4.78 is 33.4. The number of rotatable bonds is 6. The monoisotopic (exact) mass is 437 g/mol. The number of carbonyl (C=O) groups excluding carboxylic acids is 1. The van der Waals surface area contributed by atoms with Crippen LogP contribution in [0.1, 0.15) is 62.0 Å². The molecule has 1 aliphatic heterocycles. The molecule has 0 aliphatic carbocycles. The Hall–Kier alpha value is -1.97. The fourth-order valence-electron chi connectivity index (χ4n) is 3.35. The summed E-state index contributed by atoms with van der Waals surface area (Å²) in [7, 11) is -2.35. The molecule has 9 heteroatoms. The summed E-state index contributed by atoms with van der Waals surface area (Å²) in [6.07, 6.45) is 2.66. The average molecular weight is 438 g/mol. The number of methoxy groups -OCH3 is 1. The van der Waals surface area contributed by atoms with Gasteiger partial charge < -0.3 is 4.74 Å². The van der Waals surface area contributed by atoms with Crippen molar-refractivity contribution in [3.05, 3.63) is 34.8 Å². The van der Waals surface area contributed by atoms with Crippen molar-refractivity contribution < 1.29 is 17.9 Å². The lowest BCUT2D eigenvalue weighted by Crippen LogP contribution is -2.42. The van der Waals surface area contributed by atoms with E-state index in [0.29, 0.717) is 11.7 Å². The number of anilines is 1. The van der Waals surface area contributed by atoms with Gasteiger partial charge in [0.15, 0.2) is 5.13 Å². The van der Waals surface area contributed by atoms with Gasteiger partial charge in [-0.3, -0.25) is 10.1 Å². The van der Waals surface area contributed by atoms with Crippen LogP contribution in [0.2, 0.25) is 0 Å². The van der Waals surface area contributed by atoms with Gasteiger partial charge in [-0.1, -0.05) is 20.3 Å². The SMILES string of the molecule is COc1ccc(C(=O)Nc2nc(C(C)C)cs2)cc1S(=O)(=O)N1CCCCC1C. The van der Waals surface area contributed by atoms with Gasteiger partial charge in [0.05, 0.1) is 12.8 Å². The van der Waals surface area contributed by atoms with Gasteiger partial charge in [-0.15, -0.1) is 11.3 Å². The smallest absolute Gasteiger partial charge is 0.257 e. The van der Waals surface area contributed by atoms with Gasteiger partial charge in [0, 0.05) is 23.5 Å². The number of nitrogens with zero attached hydrogens (tertiary/aromatic N) is 2. The molecule has 1 N–H and O–H groups in total. The predicted molar refractivity (Wildman–Crippen MR) is 114 cm³/mol. The van der Waals surface area contributed by atoms with Crippen LogP contribution in [0.25, 0.3) is 0 Å². The van der Waals surface area contributed by atoms with Crippen LogP contribution < -0.4 is 10.1 Å². The lowest BCUT2D eigenvalue weighted by molar-refractivity contribution is 0.102. The highest BCUT2D eigenvalue weighted by Gasteiger charge is 2.33. The first-order chi connectivity index (χ1) is 13.7. The molecule has 1 aromatic carbocycles. The molecule has 2 heterocycles. The minimum Gasteiger partial charge on any atom is -0.495 e. The normalized spacial score (nSPS) is 18.0. The van der Waals surface area contributed by atoms with Gasteiger partial charge in [0.25, 0.3) is 5.91 Å². The molecule has 2 aromatic rings. The minimum absolute atomic E-state index is 0.0170. The first-order valence-corrected chi connectivity index (χ1v) is 12.0. The molecule has 29 heavy (non-hydrogen) atoms. The summed E-state index contributed by atoms with van der Waals surface area (Å²) in [4.78, 5) is 17.1. The number of piperidine rings is 1. The fraction of sp³-hybridized carbons (Fsp3) is 0.500. The number of carbonyl (C=O) groups is 1. The van der Waals surface area contributed by atoms with Crippen LogP contribution in [0.4, 0.5) is 5.13 Å². The van der Waals surface area contributed by atoms with E-state index in [1.165, 1.54) is 34.9 Å². The number of aromatic nitrogens is 1. The summed E-state index contributed by atoms with van der Waals surface area (Å²) in [5.74, 6) is 0.0947. The summed E-state index contributed by atoms with van der Waals surface area (Å²) in [6, 6.07) is 4.39. The van der Waals surface area contributed by atoms with E-state index >= 15 is 0 Å². The van der Waals surface area contributed by atoms with Crippen molar-refractivity contribution in [1.29, 1.82) is 0 Å². The highest BCUT2D eigenvalue weighted by molar-refractivity contribution is 7.89. The number of hydrogen-bond acceptors (Lipinski definition) is 6. The van der Waals surface area contributed by atoms with Crippen molar-refractivity contribution in [1.82, 2.24) is 9.29 Å². The van der Waals surface area contributed by atoms with E-state index in [0.717, 1.165) is 25.0 Å². The molecular formula is C20H27N3O4S2. The fourth-order valence-corrected chi connectivity index (χ4v) is 6.10. The third kappa shape index (κ3) is 4.62. The second-order valence-electron chi connectivity index (χ2n) is 7.51. The molecule has 1 aromatic heterocycles. The van der Waals surface area contributed by atoms with Gasteiger partial charge in [0.2, 0.25) is 10.0 Å². The van der Waals surface area contributed by atoms with Crippen LogP contribution in [0.5, 0.6) is 5.75 Å². The van der Waals surface area contributed by atoms with E-state index < -0.39 is 15.9 Å². The standard InChI is InChI=1S/C20H27N3O4S2/c1-13(2)16-12-28-20(21-16)22-19(24)15-8-9-17(27-4)18(11-15)29(25,26)23-10-6-5-7-14(23)3/h8-9,11-14H,5-7,10H2,1-4H3,(H,21,22,24). The van der Waals surface area contributed by atoms with Crippen molar-refractivity contribution in [3.63, 3.8) is 0 Å². The molecule has 7 nitrogen and oxygen atoms in total. The van der Waals surface area contributed by atoms with Crippen molar-refractivity contribution >= 4 is 32.4 Å². The molecule has 0 bridgehead atoms. The van der Waals surface area contributed by atoms with Crippen LogP contribution in [0.3, 0.4) is 0 Å². The molecule has 3 rings (SSSR count). The number of sulfonamides is 1. The quantitative estimate of drug-likeness (QED) is 0.735. The number of thiazole rings is 1. The topological polar surface area (TPSA) is 88.6 Å². The number of hydrogen-bond donors (Lipinski definition) is 1. The predicted octanol–water partition coefficient (Wildman–Crippen LogP) is 4.09. The molecule has 0 spiro atoms. The molecule has 1 atom stereocenters. The van der Waals surface area contributed by atoms with E-state index in [1.807, 2.05) is 26.2 Å². The molecule has 0 saturated carbocycles. The molecular weight excluding hydrogens is 410 g/mol. The van der Waals surface area contributed by atoms with E-state index in [9.17, 15) is 13.2 Å². The van der Waals surface area contributed by atoms with Crippen molar-refractivity contribution in [3.8, 4) is 5.75 Å². The first-order valence-electron chi connectivity index (χ1n) is 9.70. The maximum absolute atomic E-state index is 13.3. The number of amides is 1. The number of ether oxygens (including phenoxy) is 1. The van der Waals surface area contributed by atoms with Gasteiger partial charge in [0.1, 0.15) is 10.6 Å². The molecule has 1 amide bonds. The van der Waals surface area contributed by atoms with Crippen molar-refractivity contribution in [2.75, 3.05) is 19.0 Å². The zero-order valence-electron chi connectivity index (χ0n) is 17.1. The van der Waals surface area contributed by atoms with Gasteiger partial charge in [-0.05, 0) is 43.9 Å². The van der Waals surface area contributed by atoms with Gasteiger partial charge in [-0.25, -0.2) is 13.4 Å². The van der Waals surface area contributed by atoms with E-state index in [2.05, 4.69) is 10.3 Å². The zero-order valence-corrected chi connectivity index (χ0v) is 18.8. The first kappa shape index (κ1) is 21.7. The summed E-state index contributed by atoms with van der Waals surface area (Å²) in [5, 5.41) is 5.15. The largest absolute Gasteiger partial charge is 0.495 e. The Morgan fingerprint density at radius 2 is 2.10 bits per heavy atom. The van der Waals surface area contributed by atoms with Crippen molar-refractivity contribution in [2.45, 2.75) is 56.9 Å². The van der Waals surface area contributed by atoms with Crippen LogP contribution >= 0.6 is 11.3 Å². The van der Waals surface area contributed by atoms with Crippen LogP contribution in [0, 0.1) is 0 Å². The second kappa shape index (κ2) is 8.81. The Morgan fingerprint density at radius 3 is 2.72 bits per heavy atom. The molecule has 1 fully saturated rings. The highest BCUT2D eigenvalue weighted by Crippen LogP contribution is 2.32. The third-order valence-corrected chi connectivity index (χ3v) is 7.90. The summed E-state index contributed by atoms with van der Waals surface area (Å²) in [6.45, 7) is 6.44. The van der Waals surface area contributed by atoms with Gasteiger partial charge >= 0.3 is 0 Å². The van der Waals surface area contributed by atoms with E-state index in [1.54, 1.807) is 6.07 Å². The maximum atomic E-state index is 13.3.